The maximum atomic E-state index is 13.5. The first-order valence-corrected chi connectivity index (χ1v) is 10.5. The second kappa shape index (κ2) is 8.88. The molecule has 1 aliphatic heterocycles. The number of para-hydroxylation sites is 1. The molecule has 0 saturated heterocycles. The van der Waals surface area contributed by atoms with E-state index in [1.807, 2.05) is 43.3 Å². The topological polar surface area (TPSA) is 83.2 Å². The fourth-order valence-electron chi connectivity index (χ4n) is 4.06. The molecule has 0 saturated carbocycles. The van der Waals surface area contributed by atoms with E-state index in [4.69, 9.17) is 9.15 Å². The molecular weight excluding hydrogens is 408 g/mol. The summed E-state index contributed by atoms with van der Waals surface area (Å²) < 4.78 is 11.1. The van der Waals surface area contributed by atoms with E-state index in [0.29, 0.717) is 29.9 Å². The minimum atomic E-state index is -0.736. The molecule has 1 aromatic heterocycles. The summed E-state index contributed by atoms with van der Waals surface area (Å²) in [6.45, 7) is 1.15. The van der Waals surface area contributed by atoms with Crippen molar-refractivity contribution in [1.29, 1.82) is 0 Å². The highest BCUT2D eigenvalue weighted by atomic mass is 16.5. The van der Waals surface area contributed by atoms with Crippen LogP contribution in [0.1, 0.15) is 28.6 Å². The molecule has 3 aromatic rings. The van der Waals surface area contributed by atoms with Gasteiger partial charge in [-0.3, -0.25) is 9.59 Å². The monoisotopic (exact) mass is 434 g/mol. The van der Waals surface area contributed by atoms with Gasteiger partial charge < -0.3 is 24.1 Å². The quantitative estimate of drug-likeness (QED) is 0.540. The summed E-state index contributed by atoms with van der Waals surface area (Å²) in [4.78, 5) is 30.1. The molecule has 32 heavy (non-hydrogen) atoms. The van der Waals surface area contributed by atoms with Crippen LogP contribution in [-0.2, 0) is 4.79 Å². The van der Waals surface area contributed by atoms with Gasteiger partial charge in [-0.2, -0.15) is 0 Å². The summed E-state index contributed by atoms with van der Waals surface area (Å²) in [6.07, 6.45) is 0.693. The highest BCUT2D eigenvalue weighted by Crippen LogP contribution is 2.40. The molecule has 1 aliphatic rings. The number of rotatable bonds is 8. The van der Waals surface area contributed by atoms with E-state index >= 15 is 0 Å². The van der Waals surface area contributed by atoms with Gasteiger partial charge in [0.05, 0.1) is 18.7 Å². The van der Waals surface area contributed by atoms with Gasteiger partial charge >= 0.3 is 0 Å². The standard InChI is InChI=1S/C25H26N2O5/c1-26(2)12-7-13-27-22(17-9-6-10-18(14-17)31-3)21(24(29)25(27)30)23(28)20-15-16-8-4-5-11-19(16)32-20/h4-6,8-11,14-15,22,29H,7,12-13H2,1-3H3. The molecule has 1 N–H and O–H groups in total. The number of hydrogen-bond acceptors (Lipinski definition) is 6. The van der Waals surface area contributed by atoms with Gasteiger partial charge in [-0.1, -0.05) is 30.3 Å². The molecule has 7 heteroatoms. The average molecular weight is 434 g/mol. The van der Waals surface area contributed by atoms with Gasteiger partial charge in [0.1, 0.15) is 11.3 Å². The number of carbonyl (C=O) groups is 2. The Morgan fingerprint density at radius 1 is 1.16 bits per heavy atom. The summed E-state index contributed by atoms with van der Waals surface area (Å²) in [7, 11) is 5.47. The molecule has 1 amide bonds. The van der Waals surface area contributed by atoms with E-state index in [1.165, 1.54) is 0 Å². The molecule has 0 bridgehead atoms. The number of hydrogen-bond donors (Lipinski definition) is 1. The Kier molecular flexibility index (Phi) is 6.01. The van der Waals surface area contributed by atoms with Crippen molar-refractivity contribution in [3.05, 3.63) is 77.3 Å². The van der Waals surface area contributed by atoms with E-state index in [2.05, 4.69) is 0 Å². The van der Waals surface area contributed by atoms with Crippen LogP contribution >= 0.6 is 0 Å². The third-order valence-corrected chi connectivity index (χ3v) is 5.61. The summed E-state index contributed by atoms with van der Waals surface area (Å²) in [6, 6.07) is 15.4. The smallest absolute Gasteiger partial charge is 0.290 e. The van der Waals surface area contributed by atoms with Crippen molar-refractivity contribution in [2.45, 2.75) is 12.5 Å². The highest BCUT2D eigenvalue weighted by Gasteiger charge is 2.44. The molecule has 0 spiro atoms. The van der Waals surface area contributed by atoms with Crippen molar-refractivity contribution in [2.75, 3.05) is 34.3 Å². The fraction of sp³-hybridized carbons (Fsp3) is 0.280. The molecule has 4 rings (SSSR count). The molecule has 2 heterocycles. The minimum absolute atomic E-state index is 0.0205. The van der Waals surface area contributed by atoms with Gasteiger partial charge in [-0.15, -0.1) is 0 Å². The zero-order valence-corrected chi connectivity index (χ0v) is 18.4. The number of carbonyl (C=O) groups excluding carboxylic acids is 2. The lowest BCUT2D eigenvalue weighted by atomic mass is 9.94. The molecule has 1 atom stereocenters. The van der Waals surface area contributed by atoms with Crippen LogP contribution in [0.4, 0.5) is 0 Å². The Labute approximate surface area is 186 Å². The summed E-state index contributed by atoms with van der Waals surface area (Å²) >= 11 is 0. The number of ether oxygens (including phenoxy) is 1. The Morgan fingerprint density at radius 2 is 1.94 bits per heavy atom. The number of aliphatic hydroxyl groups excluding tert-OH is 1. The van der Waals surface area contributed by atoms with Crippen LogP contribution in [0, 0.1) is 0 Å². The maximum Gasteiger partial charge on any atom is 0.290 e. The van der Waals surface area contributed by atoms with Crippen LogP contribution in [0.2, 0.25) is 0 Å². The number of methoxy groups -OCH3 is 1. The zero-order valence-electron chi connectivity index (χ0n) is 18.4. The number of ketones is 1. The van der Waals surface area contributed by atoms with Crippen molar-refractivity contribution < 1.29 is 23.8 Å². The third kappa shape index (κ3) is 3.99. The van der Waals surface area contributed by atoms with Gasteiger partial charge in [0.15, 0.2) is 11.5 Å². The van der Waals surface area contributed by atoms with E-state index < -0.39 is 23.5 Å². The van der Waals surface area contributed by atoms with E-state index in [9.17, 15) is 14.7 Å². The minimum Gasteiger partial charge on any atom is -0.503 e. The first kappa shape index (κ1) is 21.6. The molecule has 1 unspecified atom stereocenters. The van der Waals surface area contributed by atoms with E-state index in [-0.39, 0.29) is 11.3 Å². The van der Waals surface area contributed by atoms with Crippen LogP contribution < -0.4 is 4.74 Å². The highest BCUT2D eigenvalue weighted by molar-refractivity contribution is 6.16. The third-order valence-electron chi connectivity index (χ3n) is 5.61. The van der Waals surface area contributed by atoms with Crippen LogP contribution in [0.25, 0.3) is 11.0 Å². The summed E-state index contributed by atoms with van der Waals surface area (Å²) in [5, 5.41) is 11.6. The van der Waals surface area contributed by atoms with Gasteiger partial charge in [-0.05, 0) is 56.9 Å². The molecule has 166 valence electrons. The average Bonchev–Trinajstić information content (AvgIpc) is 3.33. The lowest BCUT2D eigenvalue weighted by Gasteiger charge is -2.27. The second-order valence-electron chi connectivity index (χ2n) is 8.07. The largest absolute Gasteiger partial charge is 0.503 e. The van der Waals surface area contributed by atoms with E-state index in [1.54, 1.807) is 42.3 Å². The summed E-state index contributed by atoms with van der Waals surface area (Å²) in [5.41, 5.74) is 1.28. The lowest BCUT2D eigenvalue weighted by Crippen LogP contribution is -2.33. The number of furan rings is 1. The number of amides is 1. The van der Waals surface area contributed by atoms with Crippen molar-refractivity contribution in [3.63, 3.8) is 0 Å². The number of benzene rings is 2. The summed E-state index contributed by atoms with van der Waals surface area (Å²) in [5.74, 6) is -0.909. The molecular formula is C25H26N2O5. The van der Waals surface area contributed by atoms with Crippen molar-refractivity contribution in [2.24, 2.45) is 0 Å². The molecule has 0 radical (unpaired) electrons. The fourth-order valence-corrected chi connectivity index (χ4v) is 4.06. The van der Waals surface area contributed by atoms with Crippen molar-refractivity contribution in [3.8, 4) is 5.75 Å². The Hall–Kier alpha value is -3.58. The van der Waals surface area contributed by atoms with Crippen LogP contribution in [0.5, 0.6) is 5.75 Å². The number of fused-ring (bicyclic) bond motifs is 1. The van der Waals surface area contributed by atoms with E-state index in [0.717, 1.165) is 11.9 Å². The first-order valence-electron chi connectivity index (χ1n) is 10.5. The SMILES string of the molecule is COc1cccc(C2C(C(=O)c3cc4ccccc4o3)=C(O)C(=O)N2CCCN(C)C)c1. The van der Waals surface area contributed by atoms with Crippen LogP contribution in [-0.4, -0.2) is 60.9 Å². The van der Waals surface area contributed by atoms with Gasteiger partial charge in [0.25, 0.3) is 5.91 Å². The van der Waals surface area contributed by atoms with Crippen molar-refractivity contribution in [1.82, 2.24) is 9.80 Å². The number of aliphatic hydroxyl groups is 1. The zero-order chi connectivity index (χ0) is 22.8. The van der Waals surface area contributed by atoms with Crippen LogP contribution in [0.3, 0.4) is 0 Å². The molecule has 0 aliphatic carbocycles. The molecule has 7 nitrogen and oxygen atoms in total. The van der Waals surface area contributed by atoms with Gasteiger partial charge in [0.2, 0.25) is 5.78 Å². The second-order valence-corrected chi connectivity index (χ2v) is 8.07. The molecule has 0 fully saturated rings. The Bertz CT molecular complexity index is 1160. The number of nitrogens with zero attached hydrogens (tertiary/aromatic N) is 2. The molecule has 2 aromatic carbocycles. The first-order chi connectivity index (χ1) is 15.4. The maximum absolute atomic E-state index is 13.5. The van der Waals surface area contributed by atoms with Gasteiger partial charge in [0, 0.05) is 11.9 Å². The van der Waals surface area contributed by atoms with Crippen molar-refractivity contribution >= 4 is 22.7 Å². The Morgan fingerprint density at radius 3 is 2.66 bits per heavy atom. The Balaban J connectivity index is 1.76. The lowest BCUT2D eigenvalue weighted by molar-refractivity contribution is -0.129. The predicted molar refractivity (Wildman–Crippen MR) is 121 cm³/mol. The number of Topliss-reactive ketones (excluding diaryl/α,β-unsaturated/α-hetero) is 1. The van der Waals surface area contributed by atoms with Gasteiger partial charge in [-0.25, -0.2) is 0 Å². The normalized spacial score (nSPS) is 16.4. The predicted octanol–water partition coefficient (Wildman–Crippen LogP) is 3.97. The van der Waals surface area contributed by atoms with Crippen LogP contribution in [0.15, 0.2) is 70.3 Å².